The number of carbonyl (C=O) groups excluding carboxylic acids is 1. The van der Waals surface area contributed by atoms with Gasteiger partial charge in [-0.1, -0.05) is 60.7 Å². The minimum Gasteiger partial charge on any atom is -0.389 e. The quantitative estimate of drug-likeness (QED) is 0.898. The van der Waals surface area contributed by atoms with Gasteiger partial charge in [0, 0.05) is 10.5 Å². The third kappa shape index (κ3) is 3.36. The molecule has 1 saturated heterocycles. The van der Waals surface area contributed by atoms with E-state index < -0.39 is 5.60 Å². The van der Waals surface area contributed by atoms with Crippen LogP contribution in [0.5, 0.6) is 0 Å². The van der Waals surface area contributed by atoms with E-state index in [9.17, 15) is 9.90 Å². The van der Waals surface area contributed by atoms with E-state index in [1.54, 1.807) is 18.7 Å². The molecule has 1 heterocycles. The Balaban J connectivity index is 2.00. The molecular weight excluding hydrogens is 304 g/mol. The molecule has 2 aromatic rings. The van der Waals surface area contributed by atoms with Gasteiger partial charge in [0.2, 0.25) is 0 Å². The molecule has 0 spiro atoms. The van der Waals surface area contributed by atoms with Gasteiger partial charge in [-0.15, -0.1) is 11.8 Å². The summed E-state index contributed by atoms with van der Waals surface area (Å²) in [4.78, 5) is 12.3. The second-order valence-corrected chi connectivity index (χ2v) is 7.87. The summed E-state index contributed by atoms with van der Waals surface area (Å²) in [5, 5.41) is 11.2. The fourth-order valence-corrected chi connectivity index (χ4v) is 5.62. The molecular formula is C20H22O2S. The lowest BCUT2D eigenvalue weighted by Crippen LogP contribution is -2.45. The van der Waals surface area contributed by atoms with Crippen molar-refractivity contribution in [2.75, 3.05) is 0 Å². The number of ketones is 1. The summed E-state index contributed by atoms with van der Waals surface area (Å²) in [6.45, 7) is 3.41. The highest BCUT2D eigenvalue weighted by atomic mass is 32.2. The molecule has 4 unspecified atom stereocenters. The van der Waals surface area contributed by atoms with E-state index in [2.05, 4.69) is 24.3 Å². The molecule has 0 saturated carbocycles. The minimum absolute atomic E-state index is 0.0253. The molecule has 4 atom stereocenters. The summed E-state index contributed by atoms with van der Waals surface area (Å²) >= 11 is 1.80. The summed E-state index contributed by atoms with van der Waals surface area (Å²) < 4.78 is 0. The predicted molar refractivity (Wildman–Crippen MR) is 95.4 cm³/mol. The van der Waals surface area contributed by atoms with Crippen LogP contribution in [-0.4, -0.2) is 16.5 Å². The summed E-state index contributed by atoms with van der Waals surface area (Å²) in [6.07, 6.45) is 0.593. The lowest BCUT2D eigenvalue weighted by Gasteiger charge is -2.45. The van der Waals surface area contributed by atoms with Crippen molar-refractivity contribution in [1.29, 1.82) is 0 Å². The van der Waals surface area contributed by atoms with E-state index >= 15 is 0 Å². The first-order valence-electron chi connectivity index (χ1n) is 7.97. The number of hydrogen-bond donors (Lipinski definition) is 1. The molecule has 120 valence electrons. The van der Waals surface area contributed by atoms with E-state index in [0.29, 0.717) is 6.42 Å². The maximum atomic E-state index is 12.3. The van der Waals surface area contributed by atoms with Crippen LogP contribution >= 0.6 is 11.8 Å². The van der Waals surface area contributed by atoms with Crippen LogP contribution in [0.25, 0.3) is 0 Å². The van der Waals surface area contributed by atoms with Crippen LogP contribution in [0.3, 0.4) is 0 Å². The Kier molecular flexibility index (Phi) is 4.60. The van der Waals surface area contributed by atoms with Crippen LogP contribution in [-0.2, 0) is 4.79 Å². The highest BCUT2D eigenvalue weighted by molar-refractivity contribution is 7.99. The van der Waals surface area contributed by atoms with Crippen LogP contribution in [0.4, 0.5) is 0 Å². The number of carbonyl (C=O) groups is 1. The smallest absolute Gasteiger partial charge is 0.137 e. The molecule has 2 aromatic carbocycles. The minimum atomic E-state index is -1.00. The fourth-order valence-electron chi connectivity index (χ4n) is 3.56. The molecule has 1 aliphatic rings. The zero-order valence-corrected chi connectivity index (χ0v) is 14.3. The highest BCUT2D eigenvalue weighted by Crippen LogP contribution is 2.56. The number of Topliss-reactive ketones (excluding diaryl/α,β-unsaturated/α-hetero) is 1. The van der Waals surface area contributed by atoms with Gasteiger partial charge in [0.05, 0.1) is 11.5 Å². The van der Waals surface area contributed by atoms with Gasteiger partial charge in [0.15, 0.2) is 0 Å². The third-order valence-corrected chi connectivity index (χ3v) is 6.22. The van der Waals surface area contributed by atoms with Gasteiger partial charge in [0.1, 0.15) is 5.78 Å². The van der Waals surface area contributed by atoms with E-state index in [-0.39, 0.29) is 22.2 Å². The molecule has 0 bridgehead atoms. The molecule has 23 heavy (non-hydrogen) atoms. The first-order valence-corrected chi connectivity index (χ1v) is 8.91. The Bertz CT molecular complexity index is 667. The molecule has 2 nitrogen and oxygen atoms in total. The molecule has 1 fully saturated rings. The predicted octanol–water partition coefficient (Wildman–Crippen LogP) is 4.56. The van der Waals surface area contributed by atoms with Crippen molar-refractivity contribution < 1.29 is 9.90 Å². The second-order valence-electron chi connectivity index (χ2n) is 6.52. The van der Waals surface area contributed by atoms with Crippen molar-refractivity contribution in [1.82, 2.24) is 0 Å². The summed E-state index contributed by atoms with van der Waals surface area (Å²) in [6, 6.07) is 20.3. The van der Waals surface area contributed by atoms with Crippen LogP contribution in [0.1, 0.15) is 41.9 Å². The van der Waals surface area contributed by atoms with E-state index in [1.807, 2.05) is 43.3 Å². The van der Waals surface area contributed by atoms with Crippen molar-refractivity contribution in [3.8, 4) is 0 Å². The maximum absolute atomic E-state index is 12.3. The molecule has 0 aromatic heterocycles. The van der Waals surface area contributed by atoms with E-state index in [1.165, 1.54) is 5.56 Å². The van der Waals surface area contributed by atoms with Crippen molar-refractivity contribution in [3.05, 3.63) is 71.8 Å². The zero-order chi connectivity index (χ0) is 16.4. The van der Waals surface area contributed by atoms with Gasteiger partial charge in [-0.3, -0.25) is 4.79 Å². The molecule has 3 heteroatoms. The zero-order valence-electron chi connectivity index (χ0n) is 13.5. The van der Waals surface area contributed by atoms with Gasteiger partial charge in [0.25, 0.3) is 0 Å². The van der Waals surface area contributed by atoms with Gasteiger partial charge < -0.3 is 5.11 Å². The summed E-state index contributed by atoms with van der Waals surface area (Å²) in [5.41, 5.74) is 1.32. The maximum Gasteiger partial charge on any atom is 0.137 e. The van der Waals surface area contributed by atoms with E-state index in [0.717, 1.165) is 5.56 Å². The lowest BCUT2D eigenvalue weighted by molar-refractivity contribution is -0.130. The van der Waals surface area contributed by atoms with Crippen molar-refractivity contribution in [2.24, 2.45) is 5.92 Å². The second kappa shape index (κ2) is 6.50. The summed E-state index contributed by atoms with van der Waals surface area (Å²) in [7, 11) is 0. The molecule has 1 N–H and O–H groups in total. The topological polar surface area (TPSA) is 37.3 Å². The SMILES string of the molecule is CC(=O)C1C(c2ccccc2)SC(c2ccccc2)CC1(C)O. The van der Waals surface area contributed by atoms with Gasteiger partial charge in [-0.25, -0.2) is 0 Å². The molecule has 1 aliphatic heterocycles. The van der Waals surface area contributed by atoms with Crippen LogP contribution < -0.4 is 0 Å². The molecule has 0 amide bonds. The molecule has 0 aliphatic carbocycles. The third-order valence-electron chi connectivity index (χ3n) is 4.62. The fraction of sp³-hybridized carbons (Fsp3) is 0.350. The van der Waals surface area contributed by atoms with Crippen LogP contribution in [0.15, 0.2) is 60.7 Å². The lowest BCUT2D eigenvalue weighted by atomic mass is 9.77. The van der Waals surface area contributed by atoms with Crippen molar-refractivity contribution >= 4 is 17.5 Å². The van der Waals surface area contributed by atoms with Crippen LogP contribution in [0.2, 0.25) is 0 Å². The largest absolute Gasteiger partial charge is 0.389 e. The standard InChI is InChI=1S/C20H22O2S/c1-14(21)18-19(16-11-7-4-8-12-16)23-17(13-20(18,2)22)15-9-5-3-6-10-15/h3-12,17-19,22H,13H2,1-2H3. The first-order chi connectivity index (χ1) is 11.0. The van der Waals surface area contributed by atoms with Gasteiger partial charge in [-0.05, 0) is 31.4 Å². The monoisotopic (exact) mass is 326 g/mol. The Morgan fingerprint density at radius 2 is 1.57 bits per heavy atom. The number of benzene rings is 2. The number of aliphatic hydroxyl groups is 1. The van der Waals surface area contributed by atoms with Gasteiger partial charge >= 0.3 is 0 Å². The normalized spacial score (nSPS) is 30.8. The van der Waals surface area contributed by atoms with E-state index in [4.69, 9.17) is 0 Å². The Hall–Kier alpha value is -1.58. The Morgan fingerprint density at radius 1 is 1.04 bits per heavy atom. The number of rotatable bonds is 3. The van der Waals surface area contributed by atoms with Crippen LogP contribution in [0, 0.1) is 5.92 Å². The summed E-state index contributed by atoms with van der Waals surface area (Å²) in [5.74, 6) is -0.322. The van der Waals surface area contributed by atoms with Crippen molar-refractivity contribution in [3.63, 3.8) is 0 Å². The van der Waals surface area contributed by atoms with Crippen molar-refractivity contribution in [2.45, 2.75) is 36.4 Å². The first kappa shape index (κ1) is 16.3. The average molecular weight is 326 g/mol. The Labute approximate surface area is 141 Å². The number of hydrogen-bond acceptors (Lipinski definition) is 3. The highest BCUT2D eigenvalue weighted by Gasteiger charge is 2.48. The Morgan fingerprint density at radius 3 is 2.09 bits per heavy atom. The number of thioether (sulfide) groups is 1. The molecule has 3 rings (SSSR count). The molecule has 0 radical (unpaired) electrons. The van der Waals surface area contributed by atoms with Gasteiger partial charge in [-0.2, -0.15) is 0 Å². The average Bonchev–Trinajstić information content (AvgIpc) is 2.54.